The summed E-state index contributed by atoms with van der Waals surface area (Å²) in [4.78, 5) is -0.0843. The lowest BCUT2D eigenvalue weighted by molar-refractivity contribution is -0.136. The van der Waals surface area contributed by atoms with Crippen LogP contribution in [0, 0.1) is 6.92 Å². The first-order valence-corrected chi connectivity index (χ1v) is 9.33. The largest absolute Gasteiger partial charge is 0.496 e. The lowest BCUT2D eigenvalue weighted by Crippen LogP contribution is -2.18. The molecule has 1 N–H and O–H groups in total. The molecule has 2 aromatic rings. The third kappa shape index (κ3) is 4.12. The fourth-order valence-electron chi connectivity index (χ4n) is 2.61. The summed E-state index contributed by atoms with van der Waals surface area (Å²) in [5, 5.41) is 0. The predicted molar refractivity (Wildman–Crippen MR) is 94.1 cm³/mol. The van der Waals surface area contributed by atoms with E-state index in [-0.39, 0.29) is 10.8 Å². The summed E-state index contributed by atoms with van der Waals surface area (Å²) in [6, 6.07) is 7.47. The molecule has 0 saturated heterocycles. The van der Waals surface area contributed by atoms with E-state index >= 15 is 0 Å². The molecule has 0 amide bonds. The number of sulfonamides is 1. The van der Waals surface area contributed by atoms with Gasteiger partial charge in [0.1, 0.15) is 5.75 Å². The number of benzene rings is 2. The van der Waals surface area contributed by atoms with E-state index in [1.165, 1.54) is 25.3 Å². The van der Waals surface area contributed by atoms with Crippen molar-refractivity contribution in [3.8, 4) is 5.75 Å². The maximum atomic E-state index is 13.1. The van der Waals surface area contributed by atoms with Crippen molar-refractivity contribution < 1.29 is 26.3 Å². The quantitative estimate of drug-likeness (QED) is 0.790. The zero-order valence-electron chi connectivity index (χ0n) is 14.8. The summed E-state index contributed by atoms with van der Waals surface area (Å²) >= 11 is 0. The van der Waals surface area contributed by atoms with Crippen molar-refractivity contribution >= 4 is 15.7 Å². The molecule has 0 unspecified atom stereocenters. The van der Waals surface area contributed by atoms with E-state index in [2.05, 4.69) is 4.72 Å². The van der Waals surface area contributed by atoms with Crippen LogP contribution in [0.25, 0.3) is 0 Å². The van der Waals surface area contributed by atoms with Crippen LogP contribution >= 0.6 is 0 Å². The lowest BCUT2D eigenvalue weighted by Gasteiger charge is -2.18. The average Bonchev–Trinajstić information content (AvgIpc) is 2.53. The highest BCUT2D eigenvalue weighted by molar-refractivity contribution is 7.92. The van der Waals surface area contributed by atoms with Crippen molar-refractivity contribution in [1.82, 2.24) is 0 Å². The monoisotopic (exact) mass is 387 g/mol. The van der Waals surface area contributed by atoms with Gasteiger partial charge in [-0.25, -0.2) is 8.42 Å². The number of halogens is 3. The Kier molecular flexibility index (Phi) is 5.55. The summed E-state index contributed by atoms with van der Waals surface area (Å²) in [5.74, 6) is 0.508. The molecule has 0 aliphatic carbocycles. The second-order valence-corrected chi connectivity index (χ2v) is 7.81. The molecule has 0 fully saturated rings. The number of rotatable bonds is 5. The molecule has 2 rings (SSSR count). The molecule has 0 aliphatic heterocycles. The number of ether oxygens (including phenoxy) is 1. The molecule has 4 nitrogen and oxygen atoms in total. The Morgan fingerprint density at radius 1 is 1.12 bits per heavy atom. The van der Waals surface area contributed by atoms with Crippen molar-refractivity contribution in [2.75, 3.05) is 11.8 Å². The molecule has 0 radical (unpaired) electrons. The van der Waals surface area contributed by atoms with Gasteiger partial charge in [0.05, 0.1) is 23.3 Å². The molecule has 0 bridgehead atoms. The number of aryl methyl sites for hydroxylation is 1. The maximum Gasteiger partial charge on any atom is 0.418 e. The smallest absolute Gasteiger partial charge is 0.418 e. The molecule has 8 heteroatoms. The standard InChI is InChI=1S/C18H20F3NO3S/c1-11(2)13-10-17(12(3)9-16(13)25-4)26(23,24)22-15-8-6-5-7-14(15)18(19,20)21/h5-11,22H,1-4H3. The van der Waals surface area contributed by atoms with Crippen LogP contribution in [0.3, 0.4) is 0 Å². The highest BCUT2D eigenvalue weighted by Crippen LogP contribution is 2.37. The molecule has 142 valence electrons. The van der Waals surface area contributed by atoms with Gasteiger partial charge in [0.2, 0.25) is 0 Å². The van der Waals surface area contributed by atoms with Crippen LogP contribution in [0.15, 0.2) is 41.3 Å². The van der Waals surface area contributed by atoms with Crippen LogP contribution in [-0.4, -0.2) is 15.5 Å². The Bertz CT molecular complexity index is 906. The van der Waals surface area contributed by atoms with Crippen molar-refractivity contribution in [3.05, 3.63) is 53.1 Å². The number of methoxy groups -OCH3 is 1. The van der Waals surface area contributed by atoms with Gasteiger partial charge < -0.3 is 4.74 Å². The first-order chi connectivity index (χ1) is 12.0. The van der Waals surface area contributed by atoms with E-state index < -0.39 is 27.5 Å². The van der Waals surface area contributed by atoms with E-state index in [9.17, 15) is 21.6 Å². The first kappa shape index (κ1) is 20.1. The second-order valence-electron chi connectivity index (χ2n) is 6.16. The van der Waals surface area contributed by atoms with Crippen LogP contribution in [0.4, 0.5) is 18.9 Å². The van der Waals surface area contributed by atoms with Gasteiger partial charge in [-0.1, -0.05) is 26.0 Å². The molecule has 0 saturated carbocycles. The van der Waals surface area contributed by atoms with Crippen LogP contribution < -0.4 is 9.46 Å². The Morgan fingerprint density at radius 2 is 1.73 bits per heavy atom. The summed E-state index contributed by atoms with van der Waals surface area (Å²) in [5.41, 5.74) is -0.522. The predicted octanol–water partition coefficient (Wildman–Crippen LogP) is 4.95. The van der Waals surface area contributed by atoms with Gasteiger partial charge in [-0.2, -0.15) is 13.2 Å². The Balaban J connectivity index is 2.55. The van der Waals surface area contributed by atoms with Gasteiger partial charge in [-0.05, 0) is 48.2 Å². The molecule has 0 aromatic heterocycles. The summed E-state index contributed by atoms with van der Waals surface area (Å²) in [6.07, 6.45) is -4.67. The lowest BCUT2D eigenvalue weighted by atomic mass is 10.0. The minimum atomic E-state index is -4.67. The van der Waals surface area contributed by atoms with Crippen LogP contribution in [0.1, 0.15) is 36.5 Å². The Hall–Kier alpha value is -2.22. The fraction of sp³-hybridized carbons (Fsp3) is 0.333. The van der Waals surface area contributed by atoms with Gasteiger partial charge in [0.25, 0.3) is 10.0 Å². The summed E-state index contributed by atoms with van der Waals surface area (Å²) < 4.78 is 72.2. The van der Waals surface area contributed by atoms with E-state index in [4.69, 9.17) is 4.74 Å². The number of nitrogens with one attached hydrogen (secondary N) is 1. The summed E-state index contributed by atoms with van der Waals surface area (Å²) in [6.45, 7) is 5.31. The fourth-order valence-corrected chi connectivity index (χ4v) is 3.96. The minimum Gasteiger partial charge on any atom is -0.496 e. The van der Waals surface area contributed by atoms with Crippen LogP contribution in [0.2, 0.25) is 0 Å². The molecule has 0 heterocycles. The van der Waals surface area contributed by atoms with E-state index in [1.807, 2.05) is 13.8 Å². The first-order valence-electron chi connectivity index (χ1n) is 7.85. The third-order valence-corrected chi connectivity index (χ3v) is 5.42. The number of para-hydroxylation sites is 1. The van der Waals surface area contributed by atoms with Gasteiger partial charge >= 0.3 is 6.18 Å². The molecule has 0 atom stereocenters. The highest BCUT2D eigenvalue weighted by atomic mass is 32.2. The number of alkyl halides is 3. The normalized spacial score (nSPS) is 12.3. The SMILES string of the molecule is COc1cc(C)c(S(=O)(=O)Nc2ccccc2C(F)(F)F)cc1C(C)C. The Labute approximate surface area is 151 Å². The van der Waals surface area contributed by atoms with Crippen LogP contribution in [0.5, 0.6) is 5.75 Å². The third-order valence-electron chi connectivity index (χ3n) is 3.92. The molecular formula is C18H20F3NO3S. The van der Waals surface area contributed by atoms with E-state index in [1.54, 1.807) is 13.0 Å². The van der Waals surface area contributed by atoms with Crippen molar-refractivity contribution in [2.24, 2.45) is 0 Å². The van der Waals surface area contributed by atoms with Crippen molar-refractivity contribution in [2.45, 2.75) is 37.8 Å². The van der Waals surface area contributed by atoms with E-state index in [0.29, 0.717) is 16.9 Å². The van der Waals surface area contributed by atoms with Crippen molar-refractivity contribution in [1.29, 1.82) is 0 Å². The molecule has 26 heavy (non-hydrogen) atoms. The van der Waals surface area contributed by atoms with Gasteiger partial charge in [0, 0.05) is 0 Å². The number of hydrogen-bond acceptors (Lipinski definition) is 3. The molecule has 0 spiro atoms. The van der Waals surface area contributed by atoms with Crippen LogP contribution in [-0.2, 0) is 16.2 Å². The van der Waals surface area contributed by atoms with E-state index in [0.717, 1.165) is 12.1 Å². The zero-order valence-corrected chi connectivity index (χ0v) is 15.6. The number of anilines is 1. The van der Waals surface area contributed by atoms with Crippen molar-refractivity contribution in [3.63, 3.8) is 0 Å². The number of hydrogen-bond donors (Lipinski definition) is 1. The van der Waals surface area contributed by atoms with Gasteiger partial charge in [-0.3, -0.25) is 4.72 Å². The highest BCUT2D eigenvalue weighted by Gasteiger charge is 2.34. The minimum absolute atomic E-state index is 0.0260. The average molecular weight is 387 g/mol. The zero-order chi connectivity index (χ0) is 19.7. The maximum absolute atomic E-state index is 13.1. The van der Waals surface area contributed by atoms with Gasteiger partial charge in [0.15, 0.2) is 0 Å². The molecular weight excluding hydrogens is 367 g/mol. The Morgan fingerprint density at radius 3 is 2.27 bits per heavy atom. The summed E-state index contributed by atoms with van der Waals surface area (Å²) in [7, 11) is -2.73. The second kappa shape index (κ2) is 7.19. The molecule has 2 aromatic carbocycles. The molecule has 0 aliphatic rings. The van der Waals surface area contributed by atoms with Gasteiger partial charge in [-0.15, -0.1) is 0 Å². The topological polar surface area (TPSA) is 55.4 Å².